The van der Waals surface area contributed by atoms with Crippen molar-refractivity contribution in [2.75, 3.05) is 18.0 Å². The molecule has 4 heterocycles. The van der Waals surface area contributed by atoms with Gasteiger partial charge >= 0.3 is 0 Å². The van der Waals surface area contributed by atoms with Gasteiger partial charge in [-0.15, -0.1) is 0 Å². The van der Waals surface area contributed by atoms with Crippen LogP contribution in [-0.2, 0) is 6.42 Å². The van der Waals surface area contributed by atoms with E-state index in [2.05, 4.69) is 48.9 Å². The van der Waals surface area contributed by atoms with Crippen molar-refractivity contribution in [3.8, 4) is 0 Å². The molecule has 0 radical (unpaired) electrons. The van der Waals surface area contributed by atoms with Crippen molar-refractivity contribution in [1.82, 2.24) is 19.7 Å². The summed E-state index contributed by atoms with van der Waals surface area (Å²) < 4.78 is 1.95. The lowest BCUT2D eigenvalue weighted by Gasteiger charge is -2.38. The van der Waals surface area contributed by atoms with Gasteiger partial charge in [0.05, 0.1) is 16.4 Å². The summed E-state index contributed by atoms with van der Waals surface area (Å²) in [6, 6.07) is 8.98. The average molecular weight is 406 g/mol. The fraction of sp³-hybridized carbons (Fsp3) is 0.304. The second kappa shape index (κ2) is 7.01. The summed E-state index contributed by atoms with van der Waals surface area (Å²) in [7, 11) is 0. The molecule has 0 bridgehead atoms. The fourth-order valence-corrected chi connectivity index (χ4v) is 4.41. The SMILES string of the molecule is C=C1Cc2nc(N3C[C@H](C)NC[C@H]3C)ccc2C=C1c1cn2cccc(Cl)c2n1. The average Bonchev–Trinajstić information content (AvgIpc) is 3.14. The molecule has 0 unspecified atom stereocenters. The van der Waals surface area contributed by atoms with E-state index in [0.29, 0.717) is 17.1 Å². The molecule has 0 aromatic carbocycles. The van der Waals surface area contributed by atoms with Crippen molar-refractivity contribution < 1.29 is 0 Å². The Kier molecular flexibility index (Phi) is 4.45. The molecular weight excluding hydrogens is 382 g/mol. The summed E-state index contributed by atoms with van der Waals surface area (Å²) in [6.45, 7) is 10.7. The highest BCUT2D eigenvalue weighted by Crippen LogP contribution is 2.34. The lowest BCUT2D eigenvalue weighted by Crippen LogP contribution is -2.54. The van der Waals surface area contributed by atoms with Crippen LogP contribution < -0.4 is 10.2 Å². The van der Waals surface area contributed by atoms with Gasteiger partial charge in [-0.25, -0.2) is 9.97 Å². The molecular formula is C23H24ClN5. The van der Waals surface area contributed by atoms with Crippen LogP contribution in [0.25, 0.3) is 17.3 Å². The third-order valence-corrected chi connectivity index (χ3v) is 6.12. The number of nitrogens with zero attached hydrogens (tertiary/aromatic N) is 4. The number of nitrogens with one attached hydrogen (secondary N) is 1. The molecule has 1 fully saturated rings. The highest BCUT2D eigenvalue weighted by atomic mass is 35.5. The summed E-state index contributed by atoms with van der Waals surface area (Å²) in [4.78, 5) is 12.1. The second-order valence-corrected chi connectivity index (χ2v) is 8.47. The maximum absolute atomic E-state index is 6.30. The number of rotatable bonds is 2. The Bertz CT molecular complexity index is 1150. The number of hydrogen-bond donors (Lipinski definition) is 1. The van der Waals surface area contributed by atoms with Gasteiger partial charge in [-0.3, -0.25) is 0 Å². The zero-order valence-corrected chi connectivity index (χ0v) is 17.4. The first-order valence-corrected chi connectivity index (χ1v) is 10.4. The lowest BCUT2D eigenvalue weighted by molar-refractivity contribution is 0.422. The molecule has 1 aliphatic heterocycles. The highest BCUT2D eigenvalue weighted by Gasteiger charge is 2.25. The number of imidazole rings is 1. The first kappa shape index (κ1) is 18.4. The smallest absolute Gasteiger partial charge is 0.156 e. The topological polar surface area (TPSA) is 45.5 Å². The standard InChI is InChI=1S/C23H24ClN5/c1-14-9-20-17(6-7-22(26-20)29-12-15(2)25-11-16(29)3)10-18(14)21-13-28-8-4-5-19(24)23(28)27-21/h4-8,10,13,15-16,25H,1,9,11-12H2,2-3H3/t15-,16+/m0/s1. The third kappa shape index (κ3) is 3.24. The molecule has 0 spiro atoms. The van der Waals surface area contributed by atoms with Crippen LogP contribution in [-0.4, -0.2) is 39.5 Å². The van der Waals surface area contributed by atoms with E-state index in [-0.39, 0.29) is 0 Å². The predicted molar refractivity (Wildman–Crippen MR) is 119 cm³/mol. The van der Waals surface area contributed by atoms with E-state index in [4.69, 9.17) is 21.6 Å². The molecule has 0 saturated carbocycles. The highest BCUT2D eigenvalue weighted by molar-refractivity contribution is 6.33. The molecule has 29 heavy (non-hydrogen) atoms. The van der Waals surface area contributed by atoms with Crippen LogP contribution in [0.2, 0.25) is 5.02 Å². The maximum atomic E-state index is 6.30. The van der Waals surface area contributed by atoms with Crippen molar-refractivity contribution in [3.63, 3.8) is 0 Å². The van der Waals surface area contributed by atoms with E-state index >= 15 is 0 Å². The molecule has 1 N–H and O–H groups in total. The molecule has 148 valence electrons. The number of halogens is 1. The normalized spacial score (nSPS) is 22.0. The number of pyridine rings is 2. The third-order valence-electron chi connectivity index (χ3n) is 5.83. The Labute approximate surface area is 175 Å². The van der Waals surface area contributed by atoms with Gasteiger partial charge in [0.15, 0.2) is 5.65 Å². The summed E-state index contributed by atoms with van der Waals surface area (Å²) in [5, 5.41) is 4.17. The van der Waals surface area contributed by atoms with E-state index in [1.54, 1.807) is 0 Å². The molecule has 0 amide bonds. The largest absolute Gasteiger partial charge is 0.351 e. The van der Waals surface area contributed by atoms with Gasteiger partial charge in [0, 0.05) is 49.6 Å². The van der Waals surface area contributed by atoms with E-state index in [0.717, 1.165) is 59.1 Å². The summed E-state index contributed by atoms with van der Waals surface area (Å²) in [5.41, 5.74) is 5.95. The van der Waals surface area contributed by atoms with Gasteiger partial charge in [0.25, 0.3) is 0 Å². The summed E-state index contributed by atoms with van der Waals surface area (Å²) >= 11 is 6.30. The maximum Gasteiger partial charge on any atom is 0.156 e. The number of piperazine rings is 1. The van der Waals surface area contributed by atoms with Crippen molar-refractivity contribution in [3.05, 3.63) is 70.8 Å². The lowest BCUT2D eigenvalue weighted by atomic mass is 9.90. The van der Waals surface area contributed by atoms with Crippen LogP contribution in [0.15, 0.2) is 48.8 Å². The monoisotopic (exact) mass is 405 g/mol. The predicted octanol–water partition coefficient (Wildman–Crippen LogP) is 4.22. The Balaban J connectivity index is 1.51. The number of allylic oxidation sites excluding steroid dienone is 2. The zero-order valence-electron chi connectivity index (χ0n) is 16.7. The number of anilines is 1. The Morgan fingerprint density at radius 1 is 1.21 bits per heavy atom. The van der Waals surface area contributed by atoms with Crippen LogP contribution in [0.3, 0.4) is 0 Å². The Morgan fingerprint density at radius 3 is 2.90 bits per heavy atom. The van der Waals surface area contributed by atoms with Gasteiger partial charge in [-0.1, -0.05) is 18.2 Å². The van der Waals surface area contributed by atoms with Crippen molar-refractivity contribution in [1.29, 1.82) is 0 Å². The first-order valence-electron chi connectivity index (χ1n) is 10.0. The molecule has 1 aliphatic carbocycles. The summed E-state index contributed by atoms with van der Waals surface area (Å²) in [5.74, 6) is 1.05. The molecule has 2 atom stereocenters. The van der Waals surface area contributed by atoms with Gasteiger partial charge in [-0.2, -0.15) is 0 Å². The van der Waals surface area contributed by atoms with E-state index in [9.17, 15) is 0 Å². The van der Waals surface area contributed by atoms with Gasteiger partial charge in [0.2, 0.25) is 0 Å². The van der Waals surface area contributed by atoms with Crippen LogP contribution in [0, 0.1) is 0 Å². The van der Waals surface area contributed by atoms with Crippen molar-refractivity contribution in [2.24, 2.45) is 0 Å². The van der Waals surface area contributed by atoms with Crippen LogP contribution in [0.5, 0.6) is 0 Å². The Hall–Kier alpha value is -2.63. The van der Waals surface area contributed by atoms with Crippen molar-refractivity contribution >= 4 is 34.7 Å². The van der Waals surface area contributed by atoms with E-state index in [1.807, 2.05) is 28.9 Å². The van der Waals surface area contributed by atoms with Crippen LogP contribution >= 0.6 is 11.6 Å². The molecule has 1 saturated heterocycles. The van der Waals surface area contributed by atoms with Crippen molar-refractivity contribution in [2.45, 2.75) is 32.4 Å². The van der Waals surface area contributed by atoms with Crippen LogP contribution in [0.4, 0.5) is 5.82 Å². The minimum Gasteiger partial charge on any atom is -0.351 e. The van der Waals surface area contributed by atoms with Gasteiger partial charge < -0.3 is 14.6 Å². The fourth-order valence-electron chi connectivity index (χ4n) is 4.19. The summed E-state index contributed by atoms with van der Waals surface area (Å²) in [6.07, 6.45) is 6.85. The molecule has 2 aliphatic rings. The molecule has 3 aromatic heterocycles. The molecule has 6 heteroatoms. The number of fused-ring (bicyclic) bond motifs is 2. The number of hydrogen-bond acceptors (Lipinski definition) is 4. The van der Waals surface area contributed by atoms with Gasteiger partial charge in [-0.05, 0) is 55.3 Å². The van der Waals surface area contributed by atoms with E-state index in [1.165, 1.54) is 0 Å². The minimum atomic E-state index is 0.428. The van der Waals surface area contributed by atoms with Crippen LogP contribution in [0.1, 0.15) is 30.8 Å². The van der Waals surface area contributed by atoms with Gasteiger partial charge in [0.1, 0.15) is 5.82 Å². The zero-order chi connectivity index (χ0) is 20.1. The minimum absolute atomic E-state index is 0.428. The molecule has 3 aromatic rings. The van der Waals surface area contributed by atoms with E-state index < -0.39 is 0 Å². The second-order valence-electron chi connectivity index (χ2n) is 8.07. The molecule has 5 nitrogen and oxygen atoms in total. The number of aromatic nitrogens is 3. The molecule has 5 rings (SSSR count). The quantitative estimate of drug-likeness (QED) is 0.693. The Morgan fingerprint density at radius 2 is 2.07 bits per heavy atom. The first-order chi connectivity index (χ1) is 14.0.